The smallest absolute Gasteiger partial charge is 0.125 e. The molecule has 2 heteroatoms. The van der Waals surface area contributed by atoms with Crippen molar-refractivity contribution in [2.24, 2.45) is 0 Å². The van der Waals surface area contributed by atoms with E-state index in [0.717, 1.165) is 17.1 Å². The number of benzene rings is 7. The zero-order valence-electron chi connectivity index (χ0n) is 23.5. The SMILES string of the molecule is Fc1cccc(N(c2ccccc2)c2ccc3c(c2)C(c2ccccc2)c2cccc(-c4ccc5ccccc5c4)c2-3)c1. The lowest BCUT2D eigenvalue weighted by Crippen LogP contribution is -2.11. The van der Waals surface area contributed by atoms with Crippen molar-refractivity contribution in [3.63, 3.8) is 0 Å². The van der Waals surface area contributed by atoms with E-state index in [1.54, 1.807) is 12.1 Å². The molecule has 0 spiro atoms. The number of nitrogens with zero attached hydrogens (tertiary/aromatic N) is 1. The Labute approximate surface area is 251 Å². The highest BCUT2D eigenvalue weighted by atomic mass is 19.1. The lowest BCUT2D eigenvalue weighted by Gasteiger charge is -2.26. The van der Waals surface area contributed by atoms with Gasteiger partial charge >= 0.3 is 0 Å². The van der Waals surface area contributed by atoms with Gasteiger partial charge in [-0.05, 0) is 98.2 Å². The fourth-order valence-corrected chi connectivity index (χ4v) is 6.68. The summed E-state index contributed by atoms with van der Waals surface area (Å²) in [6.07, 6.45) is 0. The van der Waals surface area contributed by atoms with Gasteiger partial charge < -0.3 is 4.90 Å². The topological polar surface area (TPSA) is 3.24 Å². The first kappa shape index (κ1) is 25.3. The van der Waals surface area contributed by atoms with Gasteiger partial charge in [0.15, 0.2) is 0 Å². The summed E-state index contributed by atoms with van der Waals surface area (Å²) in [4.78, 5) is 2.14. The van der Waals surface area contributed by atoms with E-state index >= 15 is 0 Å². The Kier molecular flexibility index (Phi) is 6.12. The molecule has 0 N–H and O–H groups in total. The summed E-state index contributed by atoms with van der Waals surface area (Å²) in [5.41, 5.74) is 11.6. The third-order valence-electron chi connectivity index (χ3n) is 8.56. The largest absolute Gasteiger partial charge is 0.310 e. The highest BCUT2D eigenvalue weighted by molar-refractivity contribution is 5.96. The van der Waals surface area contributed by atoms with Crippen molar-refractivity contribution >= 4 is 27.8 Å². The van der Waals surface area contributed by atoms with Crippen LogP contribution < -0.4 is 4.90 Å². The average molecular weight is 554 g/mol. The Morgan fingerprint density at radius 3 is 1.95 bits per heavy atom. The molecule has 0 fully saturated rings. The second kappa shape index (κ2) is 10.4. The van der Waals surface area contributed by atoms with Crippen molar-refractivity contribution in [1.29, 1.82) is 0 Å². The minimum Gasteiger partial charge on any atom is -0.310 e. The lowest BCUT2D eigenvalue weighted by molar-refractivity contribution is 0.628. The fourth-order valence-electron chi connectivity index (χ4n) is 6.68. The summed E-state index contributed by atoms with van der Waals surface area (Å²) < 4.78 is 14.5. The first-order chi connectivity index (χ1) is 21.2. The Morgan fingerprint density at radius 1 is 0.442 bits per heavy atom. The zero-order valence-corrected chi connectivity index (χ0v) is 23.5. The third kappa shape index (κ3) is 4.40. The normalized spacial score (nSPS) is 13.5. The van der Waals surface area contributed by atoms with Crippen LogP contribution in [-0.4, -0.2) is 0 Å². The summed E-state index contributed by atoms with van der Waals surface area (Å²) in [5.74, 6) is -0.175. The molecule has 204 valence electrons. The van der Waals surface area contributed by atoms with Crippen molar-refractivity contribution in [2.45, 2.75) is 5.92 Å². The maximum Gasteiger partial charge on any atom is 0.125 e. The number of rotatable bonds is 5. The molecule has 1 nitrogen and oxygen atoms in total. The maximum absolute atomic E-state index is 14.5. The molecule has 7 aromatic rings. The van der Waals surface area contributed by atoms with E-state index in [9.17, 15) is 4.39 Å². The third-order valence-corrected chi connectivity index (χ3v) is 8.56. The van der Waals surface area contributed by atoms with Gasteiger partial charge in [0.1, 0.15) is 5.82 Å². The molecular formula is C41H28FN. The highest BCUT2D eigenvalue weighted by Crippen LogP contribution is 2.53. The second-order valence-electron chi connectivity index (χ2n) is 11.1. The average Bonchev–Trinajstić information content (AvgIpc) is 3.39. The van der Waals surface area contributed by atoms with Crippen LogP contribution in [0.3, 0.4) is 0 Å². The van der Waals surface area contributed by atoms with Gasteiger partial charge in [-0.15, -0.1) is 0 Å². The van der Waals surface area contributed by atoms with Crippen molar-refractivity contribution < 1.29 is 4.39 Å². The summed E-state index contributed by atoms with van der Waals surface area (Å²) >= 11 is 0. The Hall–Kier alpha value is -5.47. The van der Waals surface area contributed by atoms with Crippen LogP contribution in [0.2, 0.25) is 0 Å². The van der Waals surface area contributed by atoms with Gasteiger partial charge in [-0.3, -0.25) is 0 Å². The quantitative estimate of drug-likeness (QED) is 0.205. The molecule has 7 aromatic carbocycles. The molecule has 0 saturated heterocycles. The minimum absolute atomic E-state index is 0.0803. The van der Waals surface area contributed by atoms with E-state index in [1.807, 2.05) is 24.3 Å². The first-order valence-corrected chi connectivity index (χ1v) is 14.7. The van der Waals surface area contributed by atoms with Crippen LogP contribution in [0.1, 0.15) is 22.6 Å². The monoisotopic (exact) mass is 553 g/mol. The first-order valence-electron chi connectivity index (χ1n) is 14.7. The predicted molar refractivity (Wildman–Crippen MR) is 177 cm³/mol. The van der Waals surface area contributed by atoms with Gasteiger partial charge in [-0.2, -0.15) is 0 Å². The Bertz CT molecular complexity index is 2100. The van der Waals surface area contributed by atoms with E-state index in [-0.39, 0.29) is 11.7 Å². The molecule has 8 rings (SSSR count). The van der Waals surface area contributed by atoms with Crippen molar-refractivity contribution in [3.8, 4) is 22.3 Å². The van der Waals surface area contributed by atoms with E-state index in [2.05, 4.69) is 126 Å². The molecule has 0 aliphatic heterocycles. The predicted octanol–water partition coefficient (Wildman–Crippen LogP) is 11.3. The molecule has 0 heterocycles. The van der Waals surface area contributed by atoms with Crippen LogP contribution in [0.25, 0.3) is 33.0 Å². The minimum atomic E-state index is -0.255. The fraction of sp³-hybridized carbons (Fsp3) is 0.0244. The molecule has 1 aliphatic rings. The van der Waals surface area contributed by atoms with Gasteiger partial charge in [0.2, 0.25) is 0 Å². The molecule has 0 radical (unpaired) electrons. The molecule has 1 atom stereocenters. The summed E-state index contributed by atoms with van der Waals surface area (Å²) in [6.45, 7) is 0. The van der Waals surface area contributed by atoms with Crippen LogP contribution in [0.5, 0.6) is 0 Å². The van der Waals surface area contributed by atoms with E-state index in [1.165, 1.54) is 55.8 Å². The molecule has 0 saturated carbocycles. The summed E-state index contributed by atoms with van der Waals surface area (Å²) in [6, 6.07) is 56.5. The van der Waals surface area contributed by atoms with E-state index < -0.39 is 0 Å². The number of anilines is 3. The van der Waals surface area contributed by atoms with Gasteiger partial charge in [0.05, 0.1) is 0 Å². The van der Waals surface area contributed by atoms with E-state index in [0.29, 0.717) is 0 Å². The molecule has 0 aromatic heterocycles. The van der Waals surface area contributed by atoms with Crippen molar-refractivity contribution in [3.05, 3.63) is 186 Å². The molecule has 0 amide bonds. The van der Waals surface area contributed by atoms with Crippen LogP contribution >= 0.6 is 0 Å². The summed E-state index contributed by atoms with van der Waals surface area (Å²) in [5, 5.41) is 2.48. The number of fused-ring (bicyclic) bond motifs is 4. The molecule has 43 heavy (non-hydrogen) atoms. The Balaban J connectivity index is 1.35. The van der Waals surface area contributed by atoms with Gasteiger partial charge in [-0.1, -0.05) is 115 Å². The number of halogens is 1. The van der Waals surface area contributed by atoms with Gasteiger partial charge in [-0.25, -0.2) is 4.39 Å². The Morgan fingerprint density at radius 2 is 1.14 bits per heavy atom. The number of hydrogen-bond acceptors (Lipinski definition) is 1. The summed E-state index contributed by atoms with van der Waals surface area (Å²) in [7, 11) is 0. The van der Waals surface area contributed by atoms with Gasteiger partial charge in [0, 0.05) is 23.0 Å². The van der Waals surface area contributed by atoms with Gasteiger partial charge in [0.25, 0.3) is 0 Å². The zero-order chi connectivity index (χ0) is 28.8. The number of hydrogen-bond donors (Lipinski definition) is 0. The molecule has 1 aliphatic carbocycles. The maximum atomic E-state index is 14.5. The standard InChI is InChI=1S/C41H28FN/c42-32-15-9-18-34(26-32)43(33-16-5-2-6-17-33)35-23-24-37-39(27-35)40(29-12-3-1-4-13-29)38-20-10-19-36(41(37)38)31-22-21-28-11-7-8-14-30(28)25-31/h1-27,40H. The molecular weight excluding hydrogens is 525 g/mol. The van der Waals surface area contributed by atoms with E-state index in [4.69, 9.17) is 0 Å². The second-order valence-corrected chi connectivity index (χ2v) is 11.1. The van der Waals surface area contributed by atoms with Crippen molar-refractivity contribution in [2.75, 3.05) is 4.90 Å². The molecule has 0 bridgehead atoms. The van der Waals surface area contributed by atoms with Crippen LogP contribution in [0.4, 0.5) is 21.5 Å². The molecule has 1 unspecified atom stereocenters. The van der Waals surface area contributed by atoms with Crippen LogP contribution in [0.15, 0.2) is 164 Å². The van der Waals surface area contributed by atoms with Crippen LogP contribution in [-0.2, 0) is 0 Å². The number of para-hydroxylation sites is 1. The van der Waals surface area contributed by atoms with Crippen molar-refractivity contribution in [1.82, 2.24) is 0 Å². The lowest BCUT2D eigenvalue weighted by atomic mass is 9.88. The highest BCUT2D eigenvalue weighted by Gasteiger charge is 2.33. The van der Waals surface area contributed by atoms with Crippen LogP contribution in [0, 0.1) is 5.82 Å².